The Morgan fingerprint density at radius 1 is 1.40 bits per heavy atom. The molecule has 1 nitrogen and oxygen atoms in total. The summed E-state index contributed by atoms with van der Waals surface area (Å²) in [5.41, 5.74) is -0.104. The van der Waals surface area contributed by atoms with E-state index in [4.69, 9.17) is 0 Å². The molecule has 2 aliphatic rings. The monoisotopic (exact) mass is 225 g/mol. The second-order valence-corrected chi connectivity index (χ2v) is 6.02. The van der Waals surface area contributed by atoms with Crippen molar-refractivity contribution in [2.45, 2.75) is 50.4 Å². The van der Waals surface area contributed by atoms with Crippen LogP contribution in [0.15, 0.2) is 11.4 Å². The lowest BCUT2D eigenvalue weighted by Crippen LogP contribution is -2.44. The zero-order valence-corrected chi connectivity index (χ0v) is 9.74. The van der Waals surface area contributed by atoms with Crippen molar-refractivity contribution >= 4 is 11.3 Å². The Hall–Kier alpha value is -0.410. The number of fused-ring (bicyclic) bond motifs is 2. The van der Waals surface area contributed by atoms with Gasteiger partial charge in [-0.05, 0) is 31.2 Å². The number of thiophene rings is 1. The van der Waals surface area contributed by atoms with Gasteiger partial charge in [0, 0.05) is 35.4 Å². The molecule has 1 N–H and O–H groups in total. The zero-order valence-electron chi connectivity index (χ0n) is 8.92. The van der Waals surface area contributed by atoms with Crippen LogP contribution in [-0.4, -0.2) is 12.1 Å². The smallest absolute Gasteiger partial charge is 0.140 e. The van der Waals surface area contributed by atoms with E-state index in [1.165, 1.54) is 0 Å². The number of alkyl halides is 1. The minimum atomic E-state index is -1.05. The number of aryl methyl sites for hydroxylation is 1. The van der Waals surface area contributed by atoms with Crippen molar-refractivity contribution in [2.24, 2.45) is 0 Å². The number of halogens is 1. The van der Waals surface area contributed by atoms with Gasteiger partial charge in [-0.2, -0.15) is 0 Å². The molecule has 0 radical (unpaired) electrons. The highest BCUT2D eigenvalue weighted by atomic mass is 32.1. The van der Waals surface area contributed by atoms with E-state index in [1.54, 1.807) is 11.3 Å². The molecular formula is C12H16FNS. The molecule has 0 saturated carbocycles. The first-order valence-corrected chi connectivity index (χ1v) is 6.55. The predicted octanol–water partition coefficient (Wildman–Crippen LogP) is 3.14. The molecule has 2 saturated heterocycles. The maximum Gasteiger partial charge on any atom is 0.140 e. The van der Waals surface area contributed by atoms with Crippen molar-refractivity contribution in [1.82, 2.24) is 5.32 Å². The standard InChI is InChI=1S/C12H16FNS/c1-8-11(4-5-15-8)12(13)6-9-2-3-10(7-12)14-9/h4-5,9-10,14H,2-3,6-7H2,1H3. The van der Waals surface area contributed by atoms with Gasteiger partial charge in [0.15, 0.2) is 0 Å². The molecule has 3 heteroatoms. The second-order valence-electron chi connectivity index (χ2n) is 4.90. The lowest BCUT2D eigenvalue weighted by molar-refractivity contribution is 0.0872. The van der Waals surface area contributed by atoms with Crippen LogP contribution in [0.25, 0.3) is 0 Å². The Kier molecular flexibility index (Phi) is 2.15. The van der Waals surface area contributed by atoms with Crippen LogP contribution in [0.2, 0.25) is 0 Å². The SMILES string of the molecule is Cc1sccc1C1(F)CC2CCC(C1)N2. The summed E-state index contributed by atoms with van der Waals surface area (Å²) in [6.07, 6.45) is 3.64. The Morgan fingerprint density at radius 3 is 2.60 bits per heavy atom. The number of piperidine rings is 1. The van der Waals surface area contributed by atoms with Crippen molar-refractivity contribution in [3.8, 4) is 0 Å². The van der Waals surface area contributed by atoms with Crippen LogP contribution in [0.4, 0.5) is 4.39 Å². The van der Waals surface area contributed by atoms with E-state index in [9.17, 15) is 4.39 Å². The van der Waals surface area contributed by atoms with E-state index in [0.29, 0.717) is 24.9 Å². The highest BCUT2D eigenvalue weighted by Crippen LogP contribution is 2.45. The van der Waals surface area contributed by atoms with Gasteiger partial charge in [-0.1, -0.05) is 0 Å². The summed E-state index contributed by atoms with van der Waals surface area (Å²) >= 11 is 1.66. The summed E-state index contributed by atoms with van der Waals surface area (Å²) in [7, 11) is 0. The van der Waals surface area contributed by atoms with E-state index in [-0.39, 0.29) is 0 Å². The van der Waals surface area contributed by atoms with Crippen molar-refractivity contribution in [1.29, 1.82) is 0 Å². The quantitative estimate of drug-likeness (QED) is 0.774. The van der Waals surface area contributed by atoms with Gasteiger partial charge >= 0.3 is 0 Å². The second kappa shape index (κ2) is 3.29. The summed E-state index contributed by atoms with van der Waals surface area (Å²) in [4.78, 5) is 1.15. The van der Waals surface area contributed by atoms with Crippen LogP contribution in [0.3, 0.4) is 0 Å². The topological polar surface area (TPSA) is 12.0 Å². The van der Waals surface area contributed by atoms with Gasteiger partial charge in [0.05, 0.1) is 0 Å². The van der Waals surface area contributed by atoms with E-state index >= 15 is 0 Å². The molecule has 15 heavy (non-hydrogen) atoms. The Balaban J connectivity index is 1.94. The highest BCUT2D eigenvalue weighted by Gasteiger charge is 2.45. The molecule has 1 aromatic rings. The summed E-state index contributed by atoms with van der Waals surface area (Å²) < 4.78 is 14.9. The van der Waals surface area contributed by atoms with Gasteiger partial charge in [0.1, 0.15) is 5.67 Å². The minimum absolute atomic E-state index is 0.410. The van der Waals surface area contributed by atoms with Gasteiger partial charge in [-0.15, -0.1) is 11.3 Å². The van der Waals surface area contributed by atoms with Gasteiger partial charge in [-0.3, -0.25) is 0 Å². The average molecular weight is 225 g/mol. The van der Waals surface area contributed by atoms with Crippen molar-refractivity contribution in [2.75, 3.05) is 0 Å². The molecule has 2 aliphatic heterocycles. The Bertz CT molecular complexity index is 361. The molecule has 2 unspecified atom stereocenters. The molecule has 1 aromatic heterocycles. The molecule has 2 fully saturated rings. The third-order valence-corrected chi connectivity index (χ3v) is 4.66. The van der Waals surface area contributed by atoms with E-state index in [1.807, 2.05) is 18.4 Å². The highest BCUT2D eigenvalue weighted by molar-refractivity contribution is 7.10. The molecule has 3 heterocycles. The minimum Gasteiger partial charge on any atom is -0.311 e. The number of nitrogens with one attached hydrogen (secondary N) is 1. The average Bonchev–Trinajstić information content (AvgIpc) is 2.73. The first-order valence-electron chi connectivity index (χ1n) is 5.67. The molecule has 2 bridgehead atoms. The number of hydrogen-bond acceptors (Lipinski definition) is 2. The van der Waals surface area contributed by atoms with Crippen LogP contribution in [-0.2, 0) is 5.67 Å². The molecule has 82 valence electrons. The third kappa shape index (κ3) is 1.53. The summed E-state index contributed by atoms with van der Waals surface area (Å²) in [5, 5.41) is 5.50. The first kappa shape index (κ1) is 9.79. The summed E-state index contributed by atoms with van der Waals surface area (Å²) in [6, 6.07) is 2.80. The Labute approximate surface area is 93.7 Å². The van der Waals surface area contributed by atoms with Gasteiger partial charge < -0.3 is 5.32 Å². The lowest BCUT2D eigenvalue weighted by atomic mass is 9.83. The van der Waals surface area contributed by atoms with Crippen LogP contribution >= 0.6 is 11.3 Å². The van der Waals surface area contributed by atoms with Crippen molar-refractivity contribution < 1.29 is 4.39 Å². The lowest BCUT2D eigenvalue weighted by Gasteiger charge is -2.35. The van der Waals surface area contributed by atoms with Gasteiger partial charge in [-0.25, -0.2) is 4.39 Å². The fourth-order valence-corrected chi connectivity index (χ4v) is 3.94. The zero-order chi connectivity index (χ0) is 10.5. The molecule has 0 aromatic carbocycles. The molecule has 0 spiro atoms. The first-order chi connectivity index (χ1) is 7.17. The number of hydrogen-bond donors (Lipinski definition) is 1. The predicted molar refractivity (Wildman–Crippen MR) is 61.0 cm³/mol. The largest absolute Gasteiger partial charge is 0.311 e. The maximum atomic E-state index is 14.9. The maximum absolute atomic E-state index is 14.9. The van der Waals surface area contributed by atoms with E-state index in [0.717, 1.165) is 23.3 Å². The molecular weight excluding hydrogens is 209 g/mol. The molecule has 3 rings (SSSR count). The third-order valence-electron chi connectivity index (χ3n) is 3.82. The van der Waals surface area contributed by atoms with Gasteiger partial charge in [0.25, 0.3) is 0 Å². The fraction of sp³-hybridized carbons (Fsp3) is 0.667. The van der Waals surface area contributed by atoms with Crippen LogP contribution in [0, 0.1) is 6.92 Å². The van der Waals surface area contributed by atoms with Gasteiger partial charge in [0.2, 0.25) is 0 Å². The molecule has 2 atom stereocenters. The normalized spacial score (nSPS) is 39.6. The van der Waals surface area contributed by atoms with E-state index in [2.05, 4.69) is 5.32 Å². The molecule has 0 aliphatic carbocycles. The van der Waals surface area contributed by atoms with Crippen molar-refractivity contribution in [3.05, 3.63) is 21.9 Å². The van der Waals surface area contributed by atoms with Crippen molar-refractivity contribution in [3.63, 3.8) is 0 Å². The van der Waals surface area contributed by atoms with E-state index < -0.39 is 5.67 Å². The summed E-state index contributed by atoms with van der Waals surface area (Å²) in [6.45, 7) is 2.03. The van der Waals surface area contributed by atoms with Crippen LogP contribution in [0.1, 0.15) is 36.1 Å². The molecule has 0 amide bonds. The van der Waals surface area contributed by atoms with Crippen LogP contribution < -0.4 is 5.32 Å². The summed E-state index contributed by atoms with van der Waals surface area (Å²) in [5.74, 6) is 0. The van der Waals surface area contributed by atoms with Crippen LogP contribution in [0.5, 0.6) is 0 Å². The fourth-order valence-electron chi connectivity index (χ4n) is 3.16. The Morgan fingerprint density at radius 2 is 2.07 bits per heavy atom. The number of rotatable bonds is 1.